The number of nitrogens with one attached hydrogen (secondary N) is 1. The number of halogens is 3. The molecule has 0 saturated carbocycles. The van der Waals surface area contributed by atoms with E-state index in [0.717, 1.165) is 60.5 Å². The Morgan fingerprint density at radius 1 is 1.14 bits per heavy atom. The molecule has 1 N–H and O–H groups in total. The number of alkyl halides is 3. The first-order valence-corrected chi connectivity index (χ1v) is 11.8. The standard InChI is InChI=1S/C20H31F3N2O3S/c1-4-6-8-16(5-2)15-24-19(26)9-7-14-25(29(3,27)28)18-12-10-17(11-13-18)20(21,22)23/h10-13,16H,4-9,14-15H2,1-3H3,(H,24,26). The summed E-state index contributed by atoms with van der Waals surface area (Å²) in [6.45, 7) is 4.82. The first-order valence-electron chi connectivity index (χ1n) is 9.90. The van der Waals surface area contributed by atoms with Gasteiger partial charge < -0.3 is 5.32 Å². The lowest BCUT2D eigenvalue weighted by Crippen LogP contribution is -2.33. The lowest BCUT2D eigenvalue weighted by molar-refractivity contribution is -0.137. The van der Waals surface area contributed by atoms with Crippen LogP contribution < -0.4 is 9.62 Å². The minimum atomic E-state index is -4.49. The van der Waals surface area contributed by atoms with Gasteiger partial charge in [-0.05, 0) is 43.0 Å². The average molecular weight is 437 g/mol. The second kappa shape index (κ2) is 11.4. The second-order valence-electron chi connectivity index (χ2n) is 7.20. The van der Waals surface area contributed by atoms with Crippen molar-refractivity contribution in [2.24, 2.45) is 5.92 Å². The van der Waals surface area contributed by atoms with Crippen LogP contribution in [0.5, 0.6) is 0 Å². The van der Waals surface area contributed by atoms with Crippen molar-refractivity contribution in [1.29, 1.82) is 0 Å². The van der Waals surface area contributed by atoms with Crippen molar-refractivity contribution in [2.45, 2.75) is 58.5 Å². The molecule has 0 bridgehead atoms. The first-order chi connectivity index (χ1) is 13.5. The molecule has 1 rings (SSSR count). The number of amides is 1. The van der Waals surface area contributed by atoms with Gasteiger partial charge in [-0.1, -0.05) is 33.1 Å². The van der Waals surface area contributed by atoms with Crippen molar-refractivity contribution >= 4 is 21.6 Å². The van der Waals surface area contributed by atoms with E-state index in [4.69, 9.17) is 0 Å². The number of hydrogen-bond donors (Lipinski definition) is 1. The Labute approximate surface area is 171 Å². The lowest BCUT2D eigenvalue weighted by atomic mass is 9.99. The third-order valence-corrected chi connectivity index (χ3v) is 5.97. The van der Waals surface area contributed by atoms with Crippen LogP contribution in [0, 0.1) is 5.92 Å². The van der Waals surface area contributed by atoms with Crippen LogP contribution in [0.2, 0.25) is 0 Å². The van der Waals surface area contributed by atoms with Crippen LogP contribution in [0.3, 0.4) is 0 Å². The topological polar surface area (TPSA) is 66.5 Å². The molecular formula is C20H31F3N2O3S. The van der Waals surface area contributed by atoms with Crippen LogP contribution in [0.15, 0.2) is 24.3 Å². The minimum Gasteiger partial charge on any atom is -0.356 e. The van der Waals surface area contributed by atoms with Gasteiger partial charge >= 0.3 is 6.18 Å². The largest absolute Gasteiger partial charge is 0.416 e. The molecule has 5 nitrogen and oxygen atoms in total. The summed E-state index contributed by atoms with van der Waals surface area (Å²) in [6.07, 6.45) is 1.19. The molecule has 0 radical (unpaired) electrons. The summed E-state index contributed by atoms with van der Waals surface area (Å²) in [5, 5.41) is 2.89. The predicted molar refractivity (Wildman–Crippen MR) is 109 cm³/mol. The molecule has 1 atom stereocenters. The van der Waals surface area contributed by atoms with Gasteiger partial charge in [0.05, 0.1) is 17.5 Å². The molecule has 0 aliphatic rings. The Morgan fingerprint density at radius 3 is 2.24 bits per heavy atom. The molecule has 1 unspecified atom stereocenters. The van der Waals surface area contributed by atoms with Gasteiger partial charge in [0, 0.05) is 19.5 Å². The number of nitrogens with zero attached hydrogens (tertiary/aromatic N) is 1. The number of sulfonamides is 1. The highest BCUT2D eigenvalue weighted by molar-refractivity contribution is 7.92. The highest BCUT2D eigenvalue weighted by atomic mass is 32.2. The Kier molecular flexibility index (Phi) is 9.95. The molecule has 29 heavy (non-hydrogen) atoms. The van der Waals surface area contributed by atoms with Crippen molar-refractivity contribution in [3.63, 3.8) is 0 Å². The summed E-state index contributed by atoms with van der Waals surface area (Å²) in [5.74, 6) is 0.277. The minimum absolute atomic E-state index is 0.0185. The molecule has 1 aromatic carbocycles. The number of hydrogen-bond acceptors (Lipinski definition) is 3. The zero-order valence-electron chi connectivity index (χ0n) is 17.3. The van der Waals surface area contributed by atoms with Gasteiger partial charge in [0.2, 0.25) is 15.9 Å². The Morgan fingerprint density at radius 2 is 1.76 bits per heavy atom. The highest BCUT2D eigenvalue weighted by Crippen LogP contribution is 2.31. The van der Waals surface area contributed by atoms with E-state index in [1.165, 1.54) is 0 Å². The third-order valence-electron chi connectivity index (χ3n) is 4.78. The fourth-order valence-corrected chi connectivity index (χ4v) is 3.94. The van der Waals surface area contributed by atoms with Crippen LogP contribution in [-0.4, -0.2) is 33.7 Å². The van der Waals surface area contributed by atoms with Crippen LogP contribution in [0.1, 0.15) is 57.9 Å². The van der Waals surface area contributed by atoms with Gasteiger partial charge in [0.15, 0.2) is 0 Å². The Bertz CT molecular complexity index is 734. The van der Waals surface area contributed by atoms with Crippen LogP contribution in [0.25, 0.3) is 0 Å². The van der Waals surface area contributed by atoms with Crippen molar-refractivity contribution in [2.75, 3.05) is 23.7 Å². The highest BCUT2D eigenvalue weighted by Gasteiger charge is 2.30. The SMILES string of the molecule is CCCCC(CC)CNC(=O)CCCN(c1ccc(C(F)(F)F)cc1)S(C)(=O)=O. The van der Waals surface area contributed by atoms with Crippen LogP contribution in [-0.2, 0) is 21.0 Å². The molecule has 0 saturated heterocycles. The normalized spacial score (nSPS) is 13.2. The van der Waals surface area contributed by atoms with E-state index in [-0.39, 0.29) is 31.0 Å². The number of carbonyl (C=O) groups is 1. The number of benzene rings is 1. The van der Waals surface area contributed by atoms with Crippen LogP contribution in [0.4, 0.5) is 18.9 Å². The summed E-state index contributed by atoms with van der Waals surface area (Å²) in [5.41, 5.74) is -0.700. The monoisotopic (exact) mass is 436 g/mol. The molecule has 1 aromatic rings. The first kappa shape index (κ1) is 25.3. The molecule has 0 fully saturated rings. The maximum atomic E-state index is 12.7. The number of unbranched alkanes of at least 4 members (excludes halogenated alkanes) is 1. The summed E-state index contributed by atoms with van der Waals surface area (Å²) < 4.78 is 63.2. The predicted octanol–water partition coefficient (Wildman–Crippen LogP) is 4.58. The Hall–Kier alpha value is -1.77. The van der Waals surface area contributed by atoms with Gasteiger partial charge in [-0.25, -0.2) is 8.42 Å². The summed E-state index contributed by atoms with van der Waals surface area (Å²) in [4.78, 5) is 12.1. The molecule has 1 amide bonds. The molecule has 9 heteroatoms. The summed E-state index contributed by atoms with van der Waals surface area (Å²) >= 11 is 0. The van der Waals surface area contributed by atoms with E-state index in [2.05, 4.69) is 19.2 Å². The van der Waals surface area contributed by atoms with E-state index < -0.39 is 21.8 Å². The molecule has 166 valence electrons. The fraction of sp³-hybridized carbons (Fsp3) is 0.650. The van der Waals surface area contributed by atoms with Crippen molar-refractivity contribution in [3.8, 4) is 0 Å². The van der Waals surface area contributed by atoms with E-state index in [9.17, 15) is 26.4 Å². The average Bonchev–Trinajstić information content (AvgIpc) is 2.64. The molecule has 0 aromatic heterocycles. The molecule has 0 aliphatic carbocycles. The maximum absolute atomic E-state index is 12.7. The number of anilines is 1. The van der Waals surface area contributed by atoms with E-state index in [1.54, 1.807) is 0 Å². The van der Waals surface area contributed by atoms with Gasteiger partial charge in [0.1, 0.15) is 0 Å². The summed E-state index contributed by atoms with van der Waals surface area (Å²) in [7, 11) is -3.68. The molecule has 0 heterocycles. The van der Waals surface area contributed by atoms with Crippen molar-refractivity contribution in [3.05, 3.63) is 29.8 Å². The molecule has 0 aliphatic heterocycles. The smallest absolute Gasteiger partial charge is 0.356 e. The second-order valence-corrected chi connectivity index (χ2v) is 9.11. The molecule has 0 spiro atoms. The van der Waals surface area contributed by atoms with E-state index in [0.29, 0.717) is 12.5 Å². The Balaban J connectivity index is 2.62. The number of carbonyl (C=O) groups excluding carboxylic acids is 1. The van der Waals surface area contributed by atoms with Gasteiger partial charge in [0.25, 0.3) is 0 Å². The van der Waals surface area contributed by atoms with Crippen molar-refractivity contribution < 1.29 is 26.4 Å². The fourth-order valence-electron chi connectivity index (χ4n) is 2.98. The van der Waals surface area contributed by atoms with Crippen molar-refractivity contribution in [1.82, 2.24) is 5.32 Å². The maximum Gasteiger partial charge on any atom is 0.416 e. The number of rotatable bonds is 12. The quantitative estimate of drug-likeness (QED) is 0.521. The van der Waals surface area contributed by atoms with Gasteiger partial charge in [-0.15, -0.1) is 0 Å². The zero-order chi connectivity index (χ0) is 22.1. The van der Waals surface area contributed by atoms with E-state index in [1.807, 2.05) is 0 Å². The lowest BCUT2D eigenvalue weighted by Gasteiger charge is -2.23. The molecular weight excluding hydrogens is 405 g/mol. The van der Waals surface area contributed by atoms with E-state index >= 15 is 0 Å². The van der Waals surface area contributed by atoms with Gasteiger partial charge in [-0.3, -0.25) is 9.10 Å². The van der Waals surface area contributed by atoms with Gasteiger partial charge in [-0.2, -0.15) is 13.2 Å². The zero-order valence-corrected chi connectivity index (χ0v) is 18.1. The summed E-state index contributed by atoms with van der Waals surface area (Å²) in [6, 6.07) is 3.95. The van der Waals surface area contributed by atoms with Crippen LogP contribution >= 0.6 is 0 Å². The third kappa shape index (κ3) is 9.06.